The smallest absolute Gasteiger partial charge is 0.00637 e. The lowest BCUT2D eigenvalue weighted by Crippen LogP contribution is -2.01. The zero-order chi connectivity index (χ0) is 8.74. The van der Waals surface area contributed by atoms with Crippen molar-refractivity contribution in [1.29, 1.82) is 0 Å². The van der Waals surface area contributed by atoms with E-state index in [4.69, 9.17) is 0 Å². The first-order chi connectivity index (χ1) is 5.06. The maximum absolute atomic E-state index is 3.00. The molecule has 0 aromatic heterocycles. The standard InChI is InChI=1S/C11H18/c1-5-6-7-8-9-10-11(2,3)4/h8-9H,5,10H2,1-4H3. The molecule has 0 nitrogen and oxygen atoms in total. The summed E-state index contributed by atoms with van der Waals surface area (Å²) in [6.45, 7) is 8.74. The van der Waals surface area contributed by atoms with Gasteiger partial charge in [-0.25, -0.2) is 0 Å². The fraction of sp³-hybridized carbons (Fsp3) is 0.636. The van der Waals surface area contributed by atoms with Crippen LogP contribution in [0.25, 0.3) is 0 Å². The molecule has 0 fully saturated rings. The Kier molecular flexibility index (Phi) is 4.70. The molecule has 0 atom stereocenters. The summed E-state index contributed by atoms with van der Waals surface area (Å²) >= 11 is 0. The molecule has 11 heavy (non-hydrogen) atoms. The molecule has 0 aromatic rings. The highest BCUT2D eigenvalue weighted by Crippen LogP contribution is 2.18. The minimum Gasteiger partial charge on any atom is -0.0988 e. The molecule has 0 saturated heterocycles. The summed E-state index contributed by atoms with van der Waals surface area (Å²) in [5, 5.41) is 0. The predicted molar refractivity (Wildman–Crippen MR) is 51.3 cm³/mol. The van der Waals surface area contributed by atoms with Gasteiger partial charge in [0.1, 0.15) is 0 Å². The fourth-order valence-corrected chi connectivity index (χ4v) is 0.632. The molecule has 0 radical (unpaired) electrons. The monoisotopic (exact) mass is 150 g/mol. The third kappa shape index (κ3) is 9.30. The van der Waals surface area contributed by atoms with Gasteiger partial charge in [0.15, 0.2) is 0 Å². The van der Waals surface area contributed by atoms with Crippen molar-refractivity contribution in [2.45, 2.75) is 40.5 Å². The molecule has 0 saturated carbocycles. The third-order valence-corrected chi connectivity index (χ3v) is 1.21. The van der Waals surface area contributed by atoms with E-state index < -0.39 is 0 Å². The molecule has 0 amide bonds. The van der Waals surface area contributed by atoms with Crippen LogP contribution in [0.4, 0.5) is 0 Å². The van der Waals surface area contributed by atoms with Crippen LogP contribution in [0.5, 0.6) is 0 Å². The highest BCUT2D eigenvalue weighted by Gasteiger charge is 2.05. The van der Waals surface area contributed by atoms with Gasteiger partial charge in [0.05, 0.1) is 0 Å². The van der Waals surface area contributed by atoms with Crippen molar-refractivity contribution in [3.8, 4) is 11.8 Å². The van der Waals surface area contributed by atoms with Crippen molar-refractivity contribution < 1.29 is 0 Å². The number of allylic oxidation sites excluding steroid dienone is 2. The zero-order valence-electron chi connectivity index (χ0n) is 8.07. The Hall–Kier alpha value is -0.700. The van der Waals surface area contributed by atoms with E-state index in [1.165, 1.54) is 0 Å². The second kappa shape index (κ2) is 5.02. The Morgan fingerprint density at radius 1 is 1.27 bits per heavy atom. The second-order valence-electron chi connectivity index (χ2n) is 3.84. The SMILES string of the molecule is CCC#CC=CCC(C)(C)C. The molecule has 0 unspecified atom stereocenters. The minimum atomic E-state index is 0.393. The molecule has 0 rings (SSSR count). The molecule has 0 N–H and O–H groups in total. The van der Waals surface area contributed by atoms with Gasteiger partial charge < -0.3 is 0 Å². The van der Waals surface area contributed by atoms with Crippen molar-refractivity contribution in [1.82, 2.24) is 0 Å². The summed E-state index contributed by atoms with van der Waals surface area (Å²) in [6.07, 6.45) is 6.14. The van der Waals surface area contributed by atoms with E-state index in [0.717, 1.165) is 12.8 Å². The molecule has 0 aliphatic rings. The van der Waals surface area contributed by atoms with Crippen LogP contribution >= 0.6 is 0 Å². The fourth-order valence-electron chi connectivity index (χ4n) is 0.632. The summed E-state index contributed by atoms with van der Waals surface area (Å²) in [7, 11) is 0. The van der Waals surface area contributed by atoms with Gasteiger partial charge in [0, 0.05) is 6.42 Å². The largest absolute Gasteiger partial charge is 0.0988 e. The zero-order valence-corrected chi connectivity index (χ0v) is 8.07. The van der Waals surface area contributed by atoms with Gasteiger partial charge in [-0.05, 0) is 17.9 Å². The van der Waals surface area contributed by atoms with Crippen molar-refractivity contribution in [3.05, 3.63) is 12.2 Å². The van der Waals surface area contributed by atoms with E-state index in [-0.39, 0.29) is 0 Å². The lowest BCUT2D eigenvalue weighted by atomic mass is 9.92. The summed E-state index contributed by atoms with van der Waals surface area (Å²) in [4.78, 5) is 0. The Morgan fingerprint density at radius 3 is 2.36 bits per heavy atom. The van der Waals surface area contributed by atoms with E-state index >= 15 is 0 Å². The molecular formula is C11H18. The molecule has 0 aliphatic carbocycles. The van der Waals surface area contributed by atoms with Gasteiger partial charge in [-0.15, -0.1) is 0 Å². The molecule has 0 bridgehead atoms. The summed E-state index contributed by atoms with van der Waals surface area (Å²) < 4.78 is 0. The summed E-state index contributed by atoms with van der Waals surface area (Å²) in [6, 6.07) is 0. The van der Waals surface area contributed by atoms with E-state index in [2.05, 4.69) is 45.6 Å². The average Bonchev–Trinajstić information content (AvgIpc) is 1.85. The lowest BCUT2D eigenvalue weighted by Gasteiger charge is -2.13. The topological polar surface area (TPSA) is 0 Å². The Labute approximate surface area is 70.7 Å². The molecule has 0 heteroatoms. The summed E-state index contributed by atoms with van der Waals surface area (Å²) in [5.74, 6) is 5.97. The van der Waals surface area contributed by atoms with Crippen LogP contribution in [-0.4, -0.2) is 0 Å². The molecular weight excluding hydrogens is 132 g/mol. The highest BCUT2D eigenvalue weighted by atomic mass is 14.1. The van der Waals surface area contributed by atoms with Gasteiger partial charge in [-0.1, -0.05) is 45.6 Å². The number of hydrogen-bond donors (Lipinski definition) is 0. The first-order valence-corrected chi connectivity index (χ1v) is 4.19. The van der Waals surface area contributed by atoms with Crippen LogP contribution in [0.3, 0.4) is 0 Å². The third-order valence-electron chi connectivity index (χ3n) is 1.21. The molecule has 0 spiro atoms. The Morgan fingerprint density at radius 2 is 1.91 bits per heavy atom. The number of rotatable bonds is 1. The van der Waals surface area contributed by atoms with Crippen molar-refractivity contribution in [2.75, 3.05) is 0 Å². The molecule has 0 aliphatic heterocycles. The Bertz CT molecular complexity index is 168. The van der Waals surface area contributed by atoms with Crippen LogP contribution in [0.15, 0.2) is 12.2 Å². The van der Waals surface area contributed by atoms with E-state index in [1.54, 1.807) is 0 Å². The van der Waals surface area contributed by atoms with Gasteiger partial charge in [-0.3, -0.25) is 0 Å². The predicted octanol–water partition coefficient (Wildman–Crippen LogP) is 3.39. The van der Waals surface area contributed by atoms with Gasteiger partial charge >= 0.3 is 0 Å². The van der Waals surface area contributed by atoms with Gasteiger partial charge in [-0.2, -0.15) is 0 Å². The van der Waals surface area contributed by atoms with Gasteiger partial charge in [0.25, 0.3) is 0 Å². The summed E-state index contributed by atoms with van der Waals surface area (Å²) in [5.41, 5.74) is 0.393. The average molecular weight is 150 g/mol. The van der Waals surface area contributed by atoms with Crippen LogP contribution in [0.2, 0.25) is 0 Å². The highest BCUT2D eigenvalue weighted by molar-refractivity contribution is 5.15. The van der Waals surface area contributed by atoms with E-state index in [0.29, 0.717) is 5.41 Å². The van der Waals surface area contributed by atoms with Crippen LogP contribution in [0, 0.1) is 17.3 Å². The molecule has 0 heterocycles. The van der Waals surface area contributed by atoms with Crippen LogP contribution < -0.4 is 0 Å². The van der Waals surface area contributed by atoms with E-state index in [1.807, 2.05) is 6.08 Å². The van der Waals surface area contributed by atoms with Crippen LogP contribution in [-0.2, 0) is 0 Å². The van der Waals surface area contributed by atoms with E-state index in [9.17, 15) is 0 Å². The molecule has 62 valence electrons. The number of hydrogen-bond acceptors (Lipinski definition) is 0. The second-order valence-corrected chi connectivity index (χ2v) is 3.84. The maximum Gasteiger partial charge on any atom is 0.00637 e. The van der Waals surface area contributed by atoms with Crippen LogP contribution in [0.1, 0.15) is 40.5 Å². The lowest BCUT2D eigenvalue weighted by molar-refractivity contribution is 0.420. The Balaban J connectivity index is 3.61. The first kappa shape index (κ1) is 10.3. The molecule has 0 aromatic carbocycles. The van der Waals surface area contributed by atoms with Crippen molar-refractivity contribution >= 4 is 0 Å². The van der Waals surface area contributed by atoms with Crippen molar-refractivity contribution in [2.24, 2.45) is 5.41 Å². The maximum atomic E-state index is 3.00. The quantitative estimate of drug-likeness (QED) is 0.503. The normalized spacial score (nSPS) is 11.3. The van der Waals surface area contributed by atoms with Gasteiger partial charge in [0.2, 0.25) is 0 Å². The van der Waals surface area contributed by atoms with Crippen molar-refractivity contribution in [3.63, 3.8) is 0 Å². The minimum absolute atomic E-state index is 0.393. The first-order valence-electron chi connectivity index (χ1n) is 4.19.